The number of ether oxygens (including phenoxy) is 2. The number of hydrogen-bond donors (Lipinski definition) is 3. The Bertz CT molecular complexity index is 779. The highest BCUT2D eigenvalue weighted by molar-refractivity contribution is 5.94. The van der Waals surface area contributed by atoms with Crippen molar-refractivity contribution in [2.75, 3.05) is 20.8 Å². The first-order chi connectivity index (χ1) is 12.6. The number of carbonyl (C=O) groups excluding carboxylic acids is 1. The third-order valence-electron chi connectivity index (χ3n) is 4.74. The van der Waals surface area contributed by atoms with Crippen molar-refractivity contribution in [3.63, 3.8) is 0 Å². The Balaban J connectivity index is 1.71. The van der Waals surface area contributed by atoms with Crippen molar-refractivity contribution in [1.82, 2.24) is 16.2 Å². The maximum atomic E-state index is 12.5. The van der Waals surface area contributed by atoms with Crippen molar-refractivity contribution in [3.05, 3.63) is 59.2 Å². The quantitative estimate of drug-likeness (QED) is 0.741. The second-order valence-electron chi connectivity index (χ2n) is 6.41. The summed E-state index contributed by atoms with van der Waals surface area (Å²) in [7, 11) is 3.26. The third-order valence-corrected chi connectivity index (χ3v) is 4.74. The maximum absolute atomic E-state index is 12.5. The molecule has 1 heterocycles. The van der Waals surface area contributed by atoms with Gasteiger partial charge in [-0.1, -0.05) is 18.2 Å². The summed E-state index contributed by atoms with van der Waals surface area (Å²) in [6, 6.07) is 13.6. The minimum Gasteiger partial charge on any atom is -0.497 e. The Morgan fingerprint density at radius 1 is 1.19 bits per heavy atom. The van der Waals surface area contributed by atoms with E-state index in [0.29, 0.717) is 24.1 Å². The molecule has 0 radical (unpaired) electrons. The van der Waals surface area contributed by atoms with Crippen LogP contribution in [0, 0.1) is 0 Å². The summed E-state index contributed by atoms with van der Waals surface area (Å²) in [6.45, 7) is 3.39. The van der Waals surface area contributed by atoms with Crippen LogP contribution in [0.4, 0.5) is 0 Å². The Kier molecular flexibility index (Phi) is 5.75. The third kappa shape index (κ3) is 3.98. The Hall–Kier alpha value is -2.57. The topological polar surface area (TPSA) is 71.6 Å². The van der Waals surface area contributed by atoms with Gasteiger partial charge in [-0.2, -0.15) is 0 Å². The van der Waals surface area contributed by atoms with Gasteiger partial charge in [0.05, 0.1) is 14.2 Å². The second kappa shape index (κ2) is 8.21. The standard InChI is InChI=1S/C20H25N3O3/c1-13-18(12-22-23-13)17-8-7-15(10-19(17)26-3)20(24)21-11-14-5-4-6-16(9-14)25-2/h4-10,13,18,22-23H,11-12H2,1-3H3,(H,21,24). The average Bonchev–Trinajstić information content (AvgIpc) is 3.11. The molecule has 3 rings (SSSR count). The molecule has 1 aliphatic rings. The van der Waals surface area contributed by atoms with E-state index in [9.17, 15) is 4.79 Å². The fourth-order valence-electron chi connectivity index (χ4n) is 3.21. The van der Waals surface area contributed by atoms with Crippen LogP contribution in [0.25, 0.3) is 0 Å². The van der Waals surface area contributed by atoms with Crippen LogP contribution in [-0.4, -0.2) is 32.7 Å². The van der Waals surface area contributed by atoms with E-state index < -0.39 is 0 Å². The zero-order valence-electron chi connectivity index (χ0n) is 15.3. The summed E-state index contributed by atoms with van der Waals surface area (Å²) in [5.41, 5.74) is 9.04. The minimum absolute atomic E-state index is 0.131. The molecule has 6 heteroatoms. The molecule has 2 unspecified atom stereocenters. The molecule has 0 saturated carbocycles. The van der Waals surface area contributed by atoms with Crippen LogP contribution in [0.15, 0.2) is 42.5 Å². The summed E-state index contributed by atoms with van der Waals surface area (Å²) in [5.74, 6) is 1.68. The molecule has 1 amide bonds. The number of nitrogens with one attached hydrogen (secondary N) is 3. The Morgan fingerprint density at radius 2 is 2.04 bits per heavy atom. The van der Waals surface area contributed by atoms with Crippen molar-refractivity contribution in [3.8, 4) is 11.5 Å². The molecule has 1 aliphatic heterocycles. The molecule has 0 aromatic heterocycles. The molecule has 26 heavy (non-hydrogen) atoms. The first-order valence-electron chi connectivity index (χ1n) is 8.70. The number of methoxy groups -OCH3 is 2. The van der Waals surface area contributed by atoms with E-state index in [1.807, 2.05) is 36.4 Å². The van der Waals surface area contributed by atoms with Gasteiger partial charge < -0.3 is 14.8 Å². The predicted molar refractivity (Wildman–Crippen MR) is 100 cm³/mol. The number of carbonyl (C=O) groups is 1. The van der Waals surface area contributed by atoms with E-state index in [0.717, 1.165) is 29.2 Å². The molecular weight excluding hydrogens is 330 g/mol. The second-order valence-corrected chi connectivity index (χ2v) is 6.41. The lowest BCUT2D eigenvalue weighted by atomic mass is 9.92. The average molecular weight is 355 g/mol. The van der Waals surface area contributed by atoms with Gasteiger partial charge in [0.2, 0.25) is 0 Å². The number of hydrogen-bond acceptors (Lipinski definition) is 5. The van der Waals surface area contributed by atoms with Gasteiger partial charge in [0.15, 0.2) is 0 Å². The molecule has 3 N–H and O–H groups in total. The van der Waals surface area contributed by atoms with E-state index in [2.05, 4.69) is 23.1 Å². The SMILES string of the molecule is COc1cccc(CNC(=O)c2ccc(C3CNNC3C)c(OC)c2)c1. The Morgan fingerprint density at radius 3 is 2.73 bits per heavy atom. The normalized spacial score (nSPS) is 19.2. The lowest BCUT2D eigenvalue weighted by Gasteiger charge is -2.18. The molecule has 0 bridgehead atoms. The fraction of sp³-hybridized carbons (Fsp3) is 0.350. The van der Waals surface area contributed by atoms with Crippen molar-refractivity contribution in [1.29, 1.82) is 0 Å². The van der Waals surface area contributed by atoms with Crippen molar-refractivity contribution in [2.24, 2.45) is 0 Å². The largest absolute Gasteiger partial charge is 0.497 e. The van der Waals surface area contributed by atoms with Crippen LogP contribution in [0.3, 0.4) is 0 Å². The smallest absolute Gasteiger partial charge is 0.251 e. The molecule has 2 aromatic rings. The van der Waals surface area contributed by atoms with Crippen LogP contribution < -0.4 is 25.6 Å². The minimum atomic E-state index is -0.131. The number of hydrazine groups is 1. The first-order valence-corrected chi connectivity index (χ1v) is 8.70. The number of rotatable bonds is 6. The van der Waals surface area contributed by atoms with E-state index in [4.69, 9.17) is 9.47 Å². The van der Waals surface area contributed by atoms with Gasteiger partial charge in [-0.15, -0.1) is 0 Å². The van der Waals surface area contributed by atoms with Gasteiger partial charge in [-0.25, -0.2) is 0 Å². The number of benzene rings is 2. The molecule has 0 aliphatic carbocycles. The summed E-state index contributed by atoms with van der Waals surface area (Å²) < 4.78 is 10.7. The van der Waals surface area contributed by atoms with Crippen LogP contribution >= 0.6 is 0 Å². The van der Waals surface area contributed by atoms with Crippen LogP contribution in [-0.2, 0) is 6.54 Å². The maximum Gasteiger partial charge on any atom is 0.251 e. The number of amides is 1. The molecule has 2 atom stereocenters. The molecule has 2 aromatic carbocycles. The lowest BCUT2D eigenvalue weighted by molar-refractivity contribution is 0.0950. The van der Waals surface area contributed by atoms with E-state index >= 15 is 0 Å². The molecule has 0 spiro atoms. The van der Waals surface area contributed by atoms with Gasteiger partial charge in [-0.3, -0.25) is 15.6 Å². The highest BCUT2D eigenvalue weighted by Gasteiger charge is 2.27. The zero-order chi connectivity index (χ0) is 18.5. The molecule has 1 saturated heterocycles. The van der Waals surface area contributed by atoms with Crippen LogP contribution in [0.5, 0.6) is 11.5 Å². The monoisotopic (exact) mass is 355 g/mol. The molecule has 1 fully saturated rings. The highest BCUT2D eigenvalue weighted by atomic mass is 16.5. The fourth-order valence-corrected chi connectivity index (χ4v) is 3.21. The van der Waals surface area contributed by atoms with E-state index in [-0.39, 0.29) is 5.91 Å². The summed E-state index contributed by atoms with van der Waals surface area (Å²) in [6.07, 6.45) is 0. The van der Waals surface area contributed by atoms with E-state index in [1.165, 1.54) is 0 Å². The highest BCUT2D eigenvalue weighted by Crippen LogP contribution is 2.31. The van der Waals surface area contributed by atoms with Gasteiger partial charge in [0.1, 0.15) is 11.5 Å². The summed E-state index contributed by atoms with van der Waals surface area (Å²) in [4.78, 5) is 12.5. The molecular formula is C20H25N3O3. The molecule has 138 valence electrons. The Labute approximate surface area is 153 Å². The van der Waals surface area contributed by atoms with Crippen LogP contribution in [0.2, 0.25) is 0 Å². The first kappa shape index (κ1) is 18.2. The van der Waals surface area contributed by atoms with Crippen molar-refractivity contribution >= 4 is 5.91 Å². The molecule has 6 nitrogen and oxygen atoms in total. The van der Waals surface area contributed by atoms with E-state index in [1.54, 1.807) is 20.3 Å². The van der Waals surface area contributed by atoms with Gasteiger partial charge in [0.25, 0.3) is 5.91 Å². The van der Waals surface area contributed by atoms with Gasteiger partial charge in [0, 0.05) is 36.2 Å². The zero-order valence-corrected chi connectivity index (χ0v) is 15.3. The summed E-state index contributed by atoms with van der Waals surface area (Å²) >= 11 is 0. The van der Waals surface area contributed by atoms with Crippen molar-refractivity contribution < 1.29 is 14.3 Å². The van der Waals surface area contributed by atoms with Crippen molar-refractivity contribution in [2.45, 2.75) is 25.4 Å². The van der Waals surface area contributed by atoms with Crippen LogP contribution in [0.1, 0.15) is 34.3 Å². The predicted octanol–water partition coefficient (Wildman–Crippen LogP) is 2.21. The van der Waals surface area contributed by atoms with Gasteiger partial charge >= 0.3 is 0 Å². The lowest BCUT2D eigenvalue weighted by Crippen LogP contribution is -2.28. The summed E-state index contributed by atoms with van der Waals surface area (Å²) in [5, 5.41) is 2.94. The van der Waals surface area contributed by atoms with Gasteiger partial charge in [-0.05, 0) is 36.8 Å².